The first kappa shape index (κ1) is 14.8. The molecule has 7 heteroatoms. The molecular formula is C11H11Cl2NO4. The Morgan fingerprint density at radius 3 is 2.22 bits per heavy atom. The van der Waals surface area contributed by atoms with Gasteiger partial charge < -0.3 is 15.2 Å². The van der Waals surface area contributed by atoms with E-state index < -0.39 is 18.0 Å². The van der Waals surface area contributed by atoms with Crippen LogP contribution in [-0.2, 0) is 14.3 Å². The van der Waals surface area contributed by atoms with Crippen molar-refractivity contribution in [2.45, 2.75) is 13.0 Å². The van der Waals surface area contributed by atoms with Crippen LogP contribution in [0.25, 0.3) is 0 Å². The molecule has 1 amide bonds. The summed E-state index contributed by atoms with van der Waals surface area (Å²) in [6.07, 6.45) is -1.58. The van der Waals surface area contributed by atoms with E-state index in [4.69, 9.17) is 28.3 Å². The minimum Gasteiger partial charge on any atom is -0.479 e. The van der Waals surface area contributed by atoms with Gasteiger partial charge in [0, 0.05) is 22.8 Å². The van der Waals surface area contributed by atoms with Crippen molar-refractivity contribution >= 4 is 40.8 Å². The number of carbonyl (C=O) groups is 2. The number of hydrogen-bond donors (Lipinski definition) is 2. The number of carboxylic acids is 1. The first-order chi connectivity index (χ1) is 8.36. The van der Waals surface area contributed by atoms with E-state index in [9.17, 15) is 9.59 Å². The Hall–Kier alpha value is -1.30. The quantitative estimate of drug-likeness (QED) is 0.835. The molecule has 0 aliphatic carbocycles. The van der Waals surface area contributed by atoms with Gasteiger partial charge >= 0.3 is 5.97 Å². The maximum Gasteiger partial charge on any atom is 0.342 e. The van der Waals surface area contributed by atoms with Gasteiger partial charge in [-0.3, -0.25) is 4.79 Å². The smallest absolute Gasteiger partial charge is 0.342 e. The van der Waals surface area contributed by atoms with Crippen molar-refractivity contribution in [3.05, 3.63) is 27.7 Å². The highest BCUT2D eigenvalue weighted by molar-refractivity contribution is 6.36. The number of methoxy groups -OCH3 is 1. The fraction of sp³-hybridized carbons (Fsp3) is 0.273. The van der Waals surface area contributed by atoms with Crippen LogP contribution in [0.2, 0.25) is 10.0 Å². The largest absolute Gasteiger partial charge is 0.479 e. The fourth-order valence-electron chi connectivity index (χ4n) is 1.25. The van der Waals surface area contributed by atoms with Crippen molar-refractivity contribution in [2.75, 3.05) is 12.4 Å². The predicted octanol–water partition coefficient (Wildman–Crippen LogP) is 2.34. The monoisotopic (exact) mass is 291 g/mol. The van der Waals surface area contributed by atoms with Crippen LogP contribution in [0.1, 0.15) is 5.56 Å². The molecule has 0 saturated carbocycles. The summed E-state index contributed by atoms with van der Waals surface area (Å²) >= 11 is 11.8. The van der Waals surface area contributed by atoms with E-state index in [0.717, 1.165) is 7.11 Å². The van der Waals surface area contributed by atoms with Gasteiger partial charge in [0.25, 0.3) is 5.91 Å². The van der Waals surface area contributed by atoms with Crippen molar-refractivity contribution < 1.29 is 19.4 Å². The van der Waals surface area contributed by atoms with Crippen molar-refractivity contribution in [1.82, 2.24) is 0 Å². The summed E-state index contributed by atoms with van der Waals surface area (Å²) in [7, 11) is 1.13. The van der Waals surface area contributed by atoms with Crippen LogP contribution in [0, 0.1) is 6.92 Å². The zero-order valence-electron chi connectivity index (χ0n) is 9.66. The highest BCUT2D eigenvalue weighted by Gasteiger charge is 2.25. The molecule has 0 aliphatic heterocycles. The number of anilines is 1. The second-order valence-electron chi connectivity index (χ2n) is 3.51. The third-order valence-corrected chi connectivity index (χ3v) is 3.03. The van der Waals surface area contributed by atoms with E-state index in [2.05, 4.69) is 10.1 Å². The molecule has 98 valence electrons. The summed E-state index contributed by atoms with van der Waals surface area (Å²) in [5, 5.41) is 11.9. The van der Waals surface area contributed by atoms with E-state index in [1.54, 1.807) is 6.92 Å². The molecule has 2 N–H and O–H groups in total. The number of aliphatic carboxylic acids is 1. The lowest BCUT2D eigenvalue weighted by atomic mass is 10.2. The number of nitrogens with one attached hydrogen (secondary N) is 1. The van der Waals surface area contributed by atoms with Gasteiger partial charge in [0.2, 0.25) is 6.10 Å². The minimum atomic E-state index is -1.58. The van der Waals surface area contributed by atoms with Crippen LogP contribution < -0.4 is 5.32 Å². The molecule has 0 radical (unpaired) electrons. The molecule has 1 aromatic carbocycles. The number of rotatable bonds is 4. The van der Waals surface area contributed by atoms with Gasteiger partial charge in [-0.2, -0.15) is 0 Å². The molecule has 1 aromatic rings. The van der Waals surface area contributed by atoms with E-state index in [1.165, 1.54) is 12.1 Å². The van der Waals surface area contributed by atoms with E-state index in [1.807, 2.05) is 0 Å². The van der Waals surface area contributed by atoms with Crippen molar-refractivity contribution in [3.8, 4) is 0 Å². The number of carboxylic acid groups (broad SMARTS) is 1. The molecule has 0 bridgehead atoms. The maximum atomic E-state index is 11.6. The van der Waals surface area contributed by atoms with Gasteiger partial charge in [0.15, 0.2) is 0 Å². The molecule has 0 spiro atoms. The molecule has 5 nitrogen and oxygen atoms in total. The van der Waals surface area contributed by atoms with Crippen LogP contribution in [0.3, 0.4) is 0 Å². The third kappa shape index (κ3) is 3.35. The molecule has 1 unspecified atom stereocenters. The Labute approximate surface area is 114 Å². The molecule has 0 saturated heterocycles. The molecular weight excluding hydrogens is 281 g/mol. The normalized spacial score (nSPS) is 12.0. The Balaban J connectivity index is 2.91. The molecule has 0 heterocycles. The first-order valence-electron chi connectivity index (χ1n) is 4.89. The van der Waals surface area contributed by atoms with Gasteiger partial charge in [-0.25, -0.2) is 4.79 Å². The average molecular weight is 292 g/mol. The van der Waals surface area contributed by atoms with Crippen LogP contribution in [-0.4, -0.2) is 30.2 Å². The van der Waals surface area contributed by atoms with E-state index >= 15 is 0 Å². The highest BCUT2D eigenvalue weighted by Crippen LogP contribution is 2.28. The fourth-order valence-corrected chi connectivity index (χ4v) is 1.73. The van der Waals surface area contributed by atoms with E-state index in [-0.39, 0.29) is 0 Å². The van der Waals surface area contributed by atoms with Gasteiger partial charge in [-0.05, 0) is 24.6 Å². The van der Waals surface area contributed by atoms with Crippen LogP contribution in [0.4, 0.5) is 5.69 Å². The minimum absolute atomic E-state index is 0.309. The Morgan fingerprint density at radius 2 is 1.83 bits per heavy atom. The van der Waals surface area contributed by atoms with Gasteiger partial charge in [0.1, 0.15) is 0 Å². The number of hydrogen-bond acceptors (Lipinski definition) is 3. The standard InChI is InChI=1S/C11H11Cl2NO4/c1-5-7(12)3-6(4-8(5)13)14-10(15)9(18-2)11(16)17/h3-4,9H,1-2H3,(H,14,15)(H,16,17). The number of amides is 1. The third-order valence-electron chi connectivity index (χ3n) is 2.25. The lowest BCUT2D eigenvalue weighted by Crippen LogP contribution is -2.36. The zero-order valence-corrected chi connectivity index (χ0v) is 11.2. The second kappa shape index (κ2) is 6.04. The van der Waals surface area contributed by atoms with Gasteiger partial charge in [-0.1, -0.05) is 23.2 Å². The number of ether oxygens (including phenoxy) is 1. The average Bonchev–Trinajstić information content (AvgIpc) is 2.26. The predicted molar refractivity (Wildman–Crippen MR) is 68.3 cm³/mol. The lowest BCUT2D eigenvalue weighted by Gasteiger charge is -2.12. The Kier molecular flexibility index (Phi) is 4.95. The summed E-state index contributed by atoms with van der Waals surface area (Å²) in [5.74, 6) is -2.18. The topological polar surface area (TPSA) is 75.6 Å². The van der Waals surface area contributed by atoms with Crippen molar-refractivity contribution in [2.24, 2.45) is 0 Å². The van der Waals surface area contributed by atoms with Crippen molar-refractivity contribution in [1.29, 1.82) is 0 Å². The summed E-state index contributed by atoms with van der Waals surface area (Å²) in [6.45, 7) is 1.73. The molecule has 0 aromatic heterocycles. The van der Waals surface area contributed by atoms with Crippen molar-refractivity contribution in [3.63, 3.8) is 0 Å². The van der Waals surface area contributed by atoms with Gasteiger partial charge in [0.05, 0.1) is 0 Å². The SMILES string of the molecule is COC(C(=O)O)C(=O)Nc1cc(Cl)c(C)c(Cl)c1. The highest BCUT2D eigenvalue weighted by atomic mass is 35.5. The lowest BCUT2D eigenvalue weighted by molar-refractivity contribution is -0.153. The summed E-state index contributed by atoms with van der Waals surface area (Å²) < 4.78 is 4.55. The number of benzene rings is 1. The molecule has 1 atom stereocenters. The summed E-state index contributed by atoms with van der Waals surface area (Å²) in [5.41, 5.74) is 0.988. The second-order valence-corrected chi connectivity index (χ2v) is 4.32. The number of carbonyl (C=O) groups excluding carboxylic acids is 1. The van der Waals surface area contributed by atoms with Crippen LogP contribution in [0.15, 0.2) is 12.1 Å². The molecule has 0 fully saturated rings. The Morgan fingerprint density at radius 1 is 1.33 bits per heavy atom. The molecule has 0 aliphatic rings. The maximum absolute atomic E-state index is 11.6. The zero-order chi connectivity index (χ0) is 13.9. The van der Waals surface area contributed by atoms with Crippen LogP contribution >= 0.6 is 23.2 Å². The number of halogens is 2. The summed E-state index contributed by atoms with van der Waals surface area (Å²) in [4.78, 5) is 22.3. The Bertz CT molecular complexity index is 467. The van der Waals surface area contributed by atoms with E-state index in [0.29, 0.717) is 21.3 Å². The van der Waals surface area contributed by atoms with Gasteiger partial charge in [-0.15, -0.1) is 0 Å². The molecule has 1 rings (SSSR count). The first-order valence-corrected chi connectivity index (χ1v) is 5.64. The molecule has 18 heavy (non-hydrogen) atoms. The van der Waals surface area contributed by atoms with Crippen LogP contribution in [0.5, 0.6) is 0 Å². The summed E-state index contributed by atoms with van der Waals surface area (Å²) in [6, 6.07) is 2.96.